The number of thiocarbonyl (C=S) groups is 1. The Balaban J connectivity index is 1.88. The van der Waals surface area contributed by atoms with E-state index < -0.39 is 0 Å². The number of amides is 1. The summed E-state index contributed by atoms with van der Waals surface area (Å²) in [7, 11) is 0. The van der Waals surface area contributed by atoms with Crippen LogP contribution in [0, 0.1) is 0 Å². The normalized spacial score (nSPS) is 19.7. The Kier molecular flexibility index (Phi) is 5.58. The van der Waals surface area contributed by atoms with Crippen molar-refractivity contribution in [2.45, 2.75) is 20.3 Å². The van der Waals surface area contributed by atoms with Gasteiger partial charge in [-0.15, -0.1) is 0 Å². The highest BCUT2D eigenvalue weighted by Gasteiger charge is 2.36. The van der Waals surface area contributed by atoms with Gasteiger partial charge in [0, 0.05) is 25.7 Å². The van der Waals surface area contributed by atoms with E-state index in [1.165, 1.54) is 0 Å². The summed E-state index contributed by atoms with van der Waals surface area (Å²) in [5.74, 6) is 1.45. The molecule has 0 bridgehead atoms. The van der Waals surface area contributed by atoms with Gasteiger partial charge in [-0.2, -0.15) is 0 Å². The monoisotopic (exact) mass is 372 g/mol. The molecule has 7 heteroatoms. The maximum atomic E-state index is 12.8. The van der Waals surface area contributed by atoms with Gasteiger partial charge in [-0.1, -0.05) is 12.1 Å². The lowest BCUT2D eigenvalue weighted by Gasteiger charge is -2.18. The van der Waals surface area contributed by atoms with Crippen LogP contribution >= 0.6 is 12.2 Å². The molecule has 1 aromatic rings. The van der Waals surface area contributed by atoms with E-state index in [0.29, 0.717) is 36.3 Å². The fourth-order valence-electron chi connectivity index (χ4n) is 3.16. The van der Waals surface area contributed by atoms with Crippen LogP contribution in [0.25, 0.3) is 0 Å². The number of rotatable bonds is 6. The quantitative estimate of drug-likeness (QED) is 0.611. The van der Waals surface area contributed by atoms with Gasteiger partial charge in [0.1, 0.15) is 5.70 Å². The Labute approximate surface area is 159 Å². The molecule has 0 unspecified atom stereocenters. The van der Waals surface area contributed by atoms with E-state index in [9.17, 15) is 4.79 Å². The second-order valence-electron chi connectivity index (χ2n) is 6.00. The summed E-state index contributed by atoms with van der Waals surface area (Å²) in [5, 5.41) is 0.540. The van der Waals surface area contributed by atoms with Crippen LogP contribution in [-0.2, 0) is 4.79 Å². The number of likely N-dealkylation sites (N-methyl/N-ethyl adjacent to an activating group) is 1. The first-order valence-electron chi connectivity index (χ1n) is 8.92. The Morgan fingerprint density at radius 2 is 1.85 bits per heavy atom. The second-order valence-corrected chi connectivity index (χ2v) is 6.36. The number of hydrogen-bond acceptors (Lipinski definition) is 5. The van der Waals surface area contributed by atoms with Crippen LogP contribution in [-0.4, -0.2) is 47.0 Å². The van der Waals surface area contributed by atoms with Gasteiger partial charge in [-0.05, 0) is 57.2 Å². The molecule has 1 amide bonds. The molecule has 0 spiro atoms. The van der Waals surface area contributed by atoms with Gasteiger partial charge in [0.25, 0.3) is 5.91 Å². The molecule has 2 N–H and O–H groups in total. The minimum atomic E-state index is -0.0827. The van der Waals surface area contributed by atoms with Crippen molar-refractivity contribution in [2.75, 3.05) is 31.1 Å². The third-order valence-corrected chi connectivity index (χ3v) is 4.90. The highest BCUT2D eigenvalue weighted by molar-refractivity contribution is 7.80. The van der Waals surface area contributed by atoms with Crippen LogP contribution in [0.1, 0.15) is 20.3 Å². The minimum absolute atomic E-state index is 0.0827. The predicted molar refractivity (Wildman–Crippen MR) is 107 cm³/mol. The van der Waals surface area contributed by atoms with Crippen molar-refractivity contribution in [1.82, 2.24) is 9.80 Å². The zero-order valence-electron chi connectivity index (χ0n) is 15.1. The van der Waals surface area contributed by atoms with Crippen LogP contribution in [0.15, 0.2) is 48.0 Å². The van der Waals surface area contributed by atoms with Crippen molar-refractivity contribution >= 4 is 28.9 Å². The van der Waals surface area contributed by atoms with E-state index in [1.807, 2.05) is 42.2 Å². The molecule has 0 aliphatic carbocycles. The molecule has 0 atom stereocenters. The van der Waals surface area contributed by atoms with E-state index in [1.54, 1.807) is 11.0 Å². The number of allylic oxidation sites excluding steroid dienone is 2. The van der Waals surface area contributed by atoms with Crippen molar-refractivity contribution in [3.05, 3.63) is 48.0 Å². The number of anilines is 1. The predicted octanol–water partition coefficient (Wildman–Crippen LogP) is 2.43. The molecule has 2 aliphatic rings. The number of carbonyl (C=O) groups is 1. The summed E-state index contributed by atoms with van der Waals surface area (Å²) in [6.45, 7) is 6.53. The molecular weight excluding hydrogens is 348 g/mol. The van der Waals surface area contributed by atoms with E-state index in [-0.39, 0.29) is 5.91 Å². The smallest absolute Gasteiger partial charge is 0.276 e. The molecule has 0 radical (unpaired) electrons. The largest absolute Gasteiger partial charge is 0.439 e. The van der Waals surface area contributed by atoms with Crippen molar-refractivity contribution in [3.63, 3.8) is 0 Å². The fraction of sp³-hybridized carbons (Fsp3) is 0.368. The fourth-order valence-corrected chi connectivity index (χ4v) is 3.56. The first-order chi connectivity index (χ1) is 12.6. The summed E-state index contributed by atoms with van der Waals surface area (Å²) >= 11 is 5.47. The second kappa shape index (κ2) is 7.88. The lowest BCUT2D eigenvalue weighted by Crippen LogP contribution is -2.34. The van der Waals surface area contributed by atoms with Gasteiger partial charge in [-0.3, -0.25) is 9.69 Å². The first-order valence-corrected chi connectivity index (χ1v) is 9.33. The van der Waals surface area contributed by atoms with Gasteiger partial charge in [0.2, 0.25) is 5.88 Å². The number of para-hydroxylation sites is 2. The number of hydrogen-bond donors (Lipinski definition) is 1. The van der Waals surface area contributed by atoms with Crippen molar-refractivity contribution in [3.8, 4) is 5.75 Å². The lowest BCUT2D eigenvalue weighted by molar-refractivity contribution is -0.122. The molecule has 3 rings (SSSR count). The molecule has 138 valence electrons. The van der Waals surface area contributed by atoms with E-state index in [0.717, 1.165) is 24.4 Å². The standard InChI is InChI=1S/C19H24N4O2S/c1-3-21-14-8-5-6-9-16(14)25-17(21)11-10-15-18(24)23(13-7-12-20)19(26)22(15)4-2/h5-6,8-11H,3-4,7,12-13,20H2,1-2H3/b15-10+,17-11-. The van der Waals surface area contributed by atoms with Crippen molar-refractivity contribution in [2.24, 2.45) is 5.73 Å². The summed E-state index contributed by atoms with van der Waals surface area (Å²) in [4.78, 5) is 18.3. The lowest BCUT2D eigenvalue weighted by atomic mass is 10.3. The van der Waals surface area contributed by atoms with Crippen LogP contribution in [0.4, 0.5) is 5.69 Å². The SMILES string of the molecule is CCN1C(=S)N(CCCN)C(=O)/C1=C\C=C1/Oc2ccccc2N1CC. The highest BCUT2D eigenvalue weighted by Crippen LogP contribution is 2.38. The molecule has 6 nitrogen and oxygen atoms in total. The third kappa shape index (κ3) is 3.20. The van der Waals surface area contributed by atoms with Gasteiger partial charge in [0.15, 0.2) is 10.9 Å². The highest BCUT2D eigenvalue weighted by atomic mass is 32.1. The Morgan fingerprint density at radius 3 is 2.54 bits per heavy atom. The Morgan fingerprint density at radius 1 is 1.12 bits per heavy atom. The number of nitrogens with zero attached hydrogens (tertiary/aromatic N) is 3. The van der Waals surface area contributed by atoms with Crippen molar-refractivity contribution in [1.29, 1.82) is 0 Å². The number of fused-ring (bicyclic) bond motifs is 1. The Bertz CT molecular complexity index is 775. The molecule has 2 aliphatic heterocycles. The first kappa shape index (κ1) is 18.4. The van der Waals surface area contributed by atoms with Crippen LogP contribution in [0.5, 0.6) is 5.75 Å². The number of carbonyl (C=O) groups excluding carboxylic acids is 1. The molecule has 1 fully saturated rings. The van der Waals surface area contributed by atoms with Gasteiger partial charge < -0.3 is 20.3 Å². The van der Waals surface area contributed by atoms with E-state index in [2.05, 4.69) is 11.8 Å². The van der Waals surface area contributed by atoms with Crippen LogP contribution < -0.4 is 15.4 Å². The average molecular weight is 372 g/mol. The van der Waals surface area contributed by atoms with Gasteiger partial charge in [0.05, 0.1) is 5.69 Å². The van der Waals surface area contributed by atoms with E-state index in [4.69, 9.17) is 22.7 Å². The van der Waals surface area contributed by atoms with Gasteiger partial charge >= 0.3 is 0 Å². The topological polar surface area (TPSA) is 62.0 Å². The Hall–Kier alpha value is -2.38. The summed E-state index contributed by atoms with van der Waals surface area (Å²) in [6.07, 6.45) is 4.36. The maximum absolute atomic E-state index is 12.8. The molecule has 1 saturated heterocycles. The average Bonchev–Trinajstić information content (AvgIpc) is 3.12. The molecule has 1 aromatic carbocycles. The molecule has 2 heterocycles. The zero-order valence-corrected chi connectivity index (χ0v) is 16.0. The molecule has 0 saturated carbocycles. The third-order valence-electron chi connectivity index (χ3n) is 4.46. The van der Waals surface area contributed by atoms with Crippen LogP contribution in [0.2, 0.25) is 0 Å². The summed E-state index contributed by atoms with van der Waals surface area (Å²) < 4.78 is 5.94. The van der Waals surface area contributed by atoms with Crippen LogP contribution in [0.3, 0.4) is 0 Å². The minimum Gasteiger partial charge on any atom is -0.439 e. The number of nitrogens with two attached hydrogens (primary N) is 1. The summed E-state index contributed by atoms with van der Waals surface area (Å²) in [6, 6.07) is 7.89. The summed E-state index contributed by atoms with van der Waals surface area (Å²) in [5.41, 5.74) is 7.17. The molecular formula is C19H24N4O2S. The number of ether oxygens (including phenoxy) is 1. The molecule has 0 aromatic heterocycles. The van der Waals surface area contributed by atoms with E-state index >= 15 is 0 Å². The number of benzene rings is 1. The van der Waals surface area contributed by atoms with Gasteiger partial charge in [-0.25, -0.2) is 0 Å². The molecule has 26 heavy (non-hydrogen) atoms. The maximum Gasteiger partial charge on any atom is 0.276 e. The zero-order chi connectivity index (χ0) is 18.7. The van der Waals surface area contributed by atoms with Crippen molar-refractivity contribution < 1.29 is 9.53 Å².